The van der Waals surface area contributed by atoms with Crippen LogP contribution in [0.5, 0.6) is 0 Å². The summed E-state index contributed by atoms with van der Waals surface area (Å²) in [6.07, 6.45) is 4.59. The van der Waals surface area contributed by atoms with E-state index < -0.39 is 0 Å². The smallest absolute Gasteiger partial charge is 0.239 e. The van der Waals surface area contributed by atoms with Crippen molar-refractivity contribution in [1.82, 2.24) is 10.2 Å². The second-order valence-electron chi connectivity index (χ2n) is 4.43. The third-order valence-electron chi connectivity index (χ3n) is 3.40. The molecule has 1 N–H and O–H groups in total. The fraction of sp³-hybridized carbons (Fsp3) is 0.909. The Labute approximate surface area is 91.0 Å². The van der Waals surface area contributed by atoms with Crippen LogP contribution in [0.25, 0.3) is 0 Å². The molecule has 15 heavy (non-hydrogen) atoms. The molecule has 0 aromatic rings. The van der Waals surface area contributed by atoms with Crippen molar-refractivity contribution in [3.63, 3.8) is 0 Å². The first-order valence-electron chi connectivity index (χ1n) is 5.86. The van der Waals surface area contributed by atoms with Crippen molar-refractivity contribution >= 4 is 5.91 Å². The molecule has 0 bridgehead atoms. The number of rotatable bonds is 2. The van der Waals surface area contributed by atoms with Gasteiger partial charge in [0.05, 0.1) is 12.1 Å². The van der Waals surface area contributed by atoms with Crippen LogP contribution in [-0.4, -0.2) is 49.7 Å². The van der Waals surface area contributed by atoms with Crippen LogP contribution in [-0.2, 0) is 9.53 Å². The van der Waals surface area contributed by atoms with Crippen LogP contribution in [0.15, 0.2) is 0 Å². The molecule has 2 fully saturated rings. The molecule has 0 aromatic heterocycles. The number of methoxy groups -OCH3 is 1. The Hall–Kier alpha value is -0.610. The number of amides is 1. The van der Waals surface area contributed by atoms with Crippen LogP contribution in [0.1, 0.15) is 25.7 Å². The first kappa shape index (κ1) is 10.9. The lowest BCUT2D eigenvalue weighted by Gasteiger charge is -2.27. The zero-order valence-corrected chi connectivity index (χ0v) is 9.37. The molecule has 4 heteroatoms. The highest BCUT2D eigenvalue weighted by molar-refractivity contribution is 5.82. The molecule has 2 aliphatic heterocycles. The predicted molar refractivity (Wildman–Crippen MR) is 57.6 cm³/mol. The lowest BCUT2D eigenvalue weighted by atomic mass is 10.0. The minimum atomic E-state index is 0.0642. The Balaban J connectivity index is 1.85. The Bertz CT molecular complexity index is 227. The van der Waals surface area contributed by atoms with E-state index >= 15 is 0 Å². The minimum Gasteiger partial charge on any atom is -0.380 e. The molecule has 86 valence electrons. The van der Waals surface area contributed by atoms with Crippen molar-refractivity contribution in [3.8, 4) is 0 Å². The van der Waals surface area contributed by atoms with E-state index in [9.17, 15) is 4.79 Å². The average molecular weight is 212 g/mol. The van der Waals surface area contributed by atoms with Crippen LogP contribution in [0.3, 0.4) is 0 Å². The van der Waals surface area contributed by atoms with Crippen molar-refractivity contribution in [1.29, 1.82) is 0 Å². The van der Waals surface area contributed by atoms with Crippen LogP contribution in [0.2, 0.25) is 0 Å². The highest BCUT2D eigenvalue weighted by atomic mass is 16.5. The maximum absolute atomic E-state index is 12.1. The maximum atomic E-state index is 12.1. The normalized spacial score (nSPS) is 31.9. The van der Waals surface area contributed by atoms with Gasteiger partial charge in [0.25, 0.3) is 0 Å². The number of hydrogen-bond acceptors (Lipinski definition) is 3. The molecule has 2 atom stereocenters. The van der Waals surface area contributed by atoms with Gasteiger partial charge in [-0.1, -0.05) is 6.42 Å². The summed E-state index contributed by atoms with van der Waals surface area (Å²) in [4.78, 5) is 14.0. The van der Waals surface area contributed by atoms with Gasteiger partial charge in [0, 0.05) is 20.2 Å². The largest absolute Gasteiger partial charge is 0.380 e. The average Bonchev–Trinajstić information content (AvgIpc) is 2.78. The number of carbonyl (C=O) groups excluding carboxylic acids is 1. The zero-order chi connectivity index (χ0) is 10.7. The third kappa shape index (κ3) is 2.49. The number of piperidine rings is 1. The summed E-state index contributed by atoms with van der Waals surface area (Å²) in [5.74, 6) is 0.272. The Morgan fingerprint density at radius 1 is 1.40 bits per heavy atom. The van der Waals surface area contributed by atoms with E-state index in [1.54, 1.807) is 7.11 Å². The van der Waals surface area contributed by atoms with Gasteiger partial charge in [-0.05, 0) is 25.8 Å². The zero-order valence-electron chi connectivity index (χ0n) is 9.37. The number of ether oxygens (including phenoxy) is 1. The van der Waals surface area contributed by atoms with Crippen molar-refractivity contribution in [2.24, 2.45) is 0 Å². The standard InChI is InChI=1S/C11H20N2O2/c1-15-9-5-7-13(8-9)11(14)10-4-2-3-6-12-10/h9-10,12H,2-8H2,1H3/t9-,10+/m0/s1. The molecule has 2 rings (SSSR count). The highest BCUT2D eigenvalue weighted by Gasteiger charge is 2.31. The van der Waals surface area contributed by atoms with Crippen LogP contribution < -0.4 is 5.32 Å². The first-order valence-corrected chi connectivity index (χ1v) is 5.86. The van der Waals surface area contributed by atoms with Gasteiger partial charge < -0.3 is 15.0 Å². The molecule has 2 aliphatic rings. The molecule has 4 nitrogen and oxygen atoms in total. The second kappa shape index (κ2) is 4.94. The number of nitrogens with zero attached hydrogens (tertiary/aromatic N) is 1. The Morgan fingerprint density at radius 3 is 2.87 bits per heavy atom. The minimum absolute atomic E-state index is 0.0642. The Morgan fingerprint density at radius 2 is 2.27 bits per heavy atom. The molecule has 2 heterocycles. The first-order chi connectivity index (χ1) is 7.31. The second-order valence-corrected chi connectivity index (χ2v) is 4.43. The maximum Gasteiger partial charge on any atom is 0.239 e. The van der Waals surface area contributed by atoms with Crippen molar-refractivity contribution < 1.29 is 9.53 Å². The van der Waals surface area contributed by atoms with Crippen LogP contribution in [0, 0.1) is 0 Å². The van der Waals surface area contributed by atoms with Gasteiger partial charge >= 0.3 is 0 Å². The fourth-order valence-corrected chi connectivity index (χ4v) is 2.40. The molecular weight excluding hydrogens is 192 g/mol. The molecule has 0 aliphatic carbocycles. The van der Waals surface area contributed by atoms with Gasteiger partial charge in [-0.3, -0.25) is 4.79 Å². The van der Waals surface area contributed by atoms with E-state index in [4.69, 9.17) is 4.74 Å². The number of nitrogens with one attached hydrogen (secondary N) is 1. The highest BCUT2D eigenvalue weighted by Crippen LogP contribution is 2.16. The number of hydrogen-bond donors (Lipinski definition) is 1. The molecule has 0 saturated carbocycles. The number of carbonyl (C=O) groups is 1. The van der Waals surface area contributed by atoms with E-state index in [0.717, 1.165) is 32.5 Å². The molecule has 2 saturated heterocycles. The van der Waals surface area contributed by atoms with Crippen molar-refractivity contribution in [2.45, 2.75) is 37.8 Å². The molecule has 0 radical (unpaired) electrons. The van der Waals surface area contributed by atoms with E-state index in [1.165, 1.54) is 12.8 Å². The van der Waals surface area contributed by atoms with Crippen molar-refractivity contribution in [2.75, 3.05) is 26.7 Å². The monoisotopic (exact) mass is 212 g/mol. The summed E-state index contributed by atoms with van der Waals surface area (Å²) in [5, 5.41) is 3.30. The molecule has 0 spiro atoms. The topological polar surface area (TPSA) is 41.6 Å². The molecule has 1 amide bonds. The quantitative estimate of drug-likeness (QED) is 0.719. The fourth-order valence-electron chi connectivity index (χ4n) is 2.40. The van der Waals surface area contributed by atoms with E-state index in [2.05, 4.69) is 5.32 Å². The molecular formula is C11H20N2O2. The van der Waals surface area contributed by atoms with Crippen LogP contribution in [0.4, 0.5) is 0 Å². The van der Waals surface area contributed by atoms with Gasteiger partial charge in [0.2, 0.25) is 5.91 Å². The summed E-state index contributed by atoms with van der Waals surface area (Å²) >= 11 is 0. The third-order valence-corrected chi connectivity index (χ3v) is 3.40. The lowest BCUT2D eigenvalue weighted by molar-refractivity contribution is -0.133. The van der Waals surface area contributed by atoms with Crippen molar-refractivity contribution in [3.05, 3.63) is 0 Å². The lowest BCUT2D eigenvalue weighted by Crippen LogP contribution is -2.48. The molecule has 0 aromatic carbocycles. The van der Waals surface area contributed by atoms with E-state index in [1.807, 2.05) is 4.90 Å². The molecule has 0 unspecified atom stereocenters. The summed E-state index contributed by atoms with van der Waals surface area (Å²) < 4.78 is 5.26. The summed E-state index contributed by atoms with van der Waals surface area (Å²) in [5.41, 5.74) is 0. The van der Waals surface area contributed by atoms with Gasteiger partial charge in [-0.15, -0.1) is 0 Å². The van der Waals surface area contributed by atoms with Gasteiger partial charge in [-0.2, -0.15) is 0 Å². The predicted octanol–water partition coefficient (Wildman–Crippen LogP) is 0.376. The van der Waals surface area contributed by atoms with Gasteiger partial charge in [0.15, 0.2) is 0 Å². The van der Waals surface area contributed by atoms with Crippen LogP contribution >= 0.6 is 0 Å². The van der Waals surface area contributed by atoms with E-state index in [0.29, 0.717) is 0 Å². The van der Waals surface area contributed by atoms with Gasteiger partial charge in [-0.25, -0.2) is 0 Å². The number of likely N-dealkylation sites (tertiary alicyclic amines) is 1. The summed E-state index contributed by atoms with van der Waals surface area (Å²) in [6.45, 7) is 2.61. The SMILES string of the molecule is CO[C@H]1CCN(C(=O)[C@H]2CCCCN2)C1. The van der Waals surface area contributed by atoms with E-state index in [-0.39, 0.29) is 18.1 Å². The Kier molecular flexibility index (Phi) is 3.59. The van der Waals surface area contributed by atoms with Gasteiger partial charge in [0.1, 0.15) is 0 Å². The summed E-state index contributed by atoms with van der Waals surface area (Å²) in [7, 11) is 1.72. The summed E-state index contributed by atoms with van der Waals surface area (Å²) in [6, 6.07) is 0.0642.